The molecule has 4 aromatic rings. The second kappa shape index (κ2) is 9.49. The molecule has 2 heterocycles. The number of nitrogens with two attached hydrogens (primary N) is 1. The Balaban J connectivity index is 1.48. The van der Waals surface area contributed by atoms with Gasteiger partial charge in [-0.15, -0.1) is 11.3 Å². The molecule has 0 fully saturated rings. The van der Waals surface area contributed by atoms with Gasteiger partial charge in [0.1, 0.15) is 18.2 Å². The number of rotatable bonds is 8. The van der Waals surface area contributed by atoms with E-state index in [-0.39, 0.29) is 0 Å². The van der Waals surface area contributed by atoms with Gasteiger partial charge in [-0.25, -0.2) is 9.78 Å². The van der Waals surface area contributed by atoms with Gasteiger partial charge < -0.3 is 20.5 Å². The van der Waals surface area contributed by atoms with E-state index in [1.165, 1.54) is 17.5 Å². The fraction of sp³-hybridized carbons (Fsp3) is 0.167. The van der Waals surface area contributed by atoms with E-state index in [4.69, 9.17) is 15.2 Å². The summed E-state index contributed by atoms with van der Waals surface area (Å²) >= 11 is 1.44. The number of pyridine rings is 1. The van der Waals surface area contributed by atoms with Crippen molar-refractivity contribution < 1.29 is 14.3 Å². The summed E-state index contributed by atoms with van der Waals surface area (Å²) in [7, 11) is 0. The third kappa shape index (κ3) is 4.78. The van der Waals surface area contributed by atoms with Crippen molar-refractivity contribution in [3.63, 3.8) is 0 Å². The van der Waals surface area contributed by atoms with Crippen LogP contribution >= 0.6 is 11.3 Å². The number of anilines is 2. The first kappa shape index (κ1) is 20.7. The Labute approximate surface area is 184 Å². The zero-order valence-corrected chi connectivity index (χ0v) is 17.9. The number of ether oxygens (including phenoxy) is 2. The maximum atomic E-state index is 12.2. The molecule has 0 saturated heterocycles. The van der Waals surface area contributed by atoms with E-state index in [0.29, 0.717) is 31.1 Å². The van der Waals surface area contributed by atoms with Gasteiger partial charge in [0, 0.05) is 29.4 Å². The van der Waals surface area contributed by atoms with Crippen LogP contribution in [-0.4, -0.2) is 17.6 Å². The molecular formula is C24H23N3O3S. The van der Waals surface area contributed by atoms with Crippen molar-refractivity contribution in [1.82, 2.24) is 4.98 Å². The topological polar surface area (TPSA) is 86.5 Å². The van der Waals surface area contributed by atoms with Crippen LogP contribution in [0.5, 0.6) is 5.75 Å². The van der Waals surface area contributed by atoms with Gasteiger partial charge in [-0.2, -0.15) is 0 Å². The molecule has 0 radical (unpaired) electrons. The molecule has 7 heteroatoms. The second-order valence-corrected chi connectivity index (χ2v) is 7.78. The predicted molar refractivity (Wildman–Crippen MR) is 125 cm³/mol. The van der Waals surface area contributed by atoms with Gasteiger partial charge in [-0.3, -0.25) is 0 Å². The summed E-state index contributed by atoms with van der Waals surface area (Å²) in [6.07, 6.45) is 1.47. The Morgan fingerprint density at radius 3 is 2.81 bits per heavy atom. The Morgan fingerprint density at radius 2 is 2.00 bits per heavy atom. The molecule has 31 heavy (non-hydrogen) atoms. The lowest BCUT2D eigenvalue weighted by Crippen LogP contribution is -2.07. The molecule has 0 atom stereocenters. The van der Waals surface area contributed by atoms with Crippen molar-refractivity contribution in [2.75, 3.05) is 17.7 Å². The molecule has 0 unspecified atom stereocenters. The monoisotopic (exact) mass is 433 g/mol. The first-order valence-corrected chi connectivity index (χ1v) is 10.9. The Kier molecular flexibility index (Phi) is 6.33. The van der Waals surface area contributed by atoms with Gasteiger partial charge in [-0.1, -0.05) is 30.3 Å². The summed E-state index contributed by atoms with van der Waals surface area (Å²) < 4.78 is 11.9. The first-order chi connectivity index (χ1) is 15.2. The lowest BCUT2D eigenvalue weighted by molar-refractivity contribution is 0.0528. The number of para-hydroxylation sites is 1. The highest BCUT2D eigenvalue weighted by molar-refractivity contribution is 7.17. The van der Waals surface area contributed by atoms with Gasteiger partial charge in [0.2, 0.25) is 0 Å². The third-order valence-corrected chi connectivity index (χ3v) is 5.82. The lowest BCUT2D eigenvalue weighted by atomic mass is 10.1. The average molecular weight is 434 g/mol. The van der Waals surface area contributed by atoms with Crippen molar-refractivity contribution in [3.8, 4) is 5.75 Å². The summed E-state index contributed by atoms with van der Waals surface area (Å²) in [6, 6.07) is 18.0. The van der Waals surface area contributed by atoms with Crippen LogP contribution in [0.25, 0.3) is 10.1 Å². The maximum Gasteiger partial charge on any atom is 0.341 e. The molecule has 2 aromatic heterocycles. The number of thiophene rings is 1. The molecule has 158 valence electrons. The number of carbonyl (C=O) groups is 1. The predicted octanol–water partition coefficient (Wildman–Crippen LogP) is 5.25. The van der Waals surface area contributed by atoms with Crippen LogP contribution in [0.2, 0.25) is 0 Å². The van der Waals surface area contributed by atoms with E-state index >= 15 is 0 Å². The number of carbonyl (C=O) groups excluding carboxylic acids is 1. The Bertz CT molecular complexity index is 1190. The van der Waals surface area contributed by atoms with E-state index in [1.807, 2.05) is 53.9 Å². The number of esters is 1. The number of aromatic nitrogens is 1. The number of nitrogens with one attached hydrogen (secondary N) is 1. The van der Waals surface area contributed by atoms with E-state index in [9.17, 15) is 4.79 Å². The molecule has 3 N–H and O–H groups in total. The normalized spacial score (nSPS) is 10.7. The molecule has 0 aliphatic heterocycles. The SMILES string of the molecule is CCOC(=O)c1cnc(N)c2c(COc3cccc(CNc4ccccc4)c3)csc12. The highest BCUT2D eigenvalue weighted by Crippen LogP contribution is 2.33. The summed E-state index contributed by atoms with van der Waals surface area (Å²) in [5.74, 6) is 0.747. The van der Waals surface area contributed by atoms with Crippen molar-refractivity contribution in [2.24, 2.45) is 0 Å². The quantitative estimate of drug-likeness (QED) is 0.369. The molecule has 0 spiro atoms. The van der Waals surface area contributed by atoms with E-state index in [1.54, 1.807) is 6.92 Å². The van der Waals surface area contributed by atoms with Crippen LogP contribution in [0.15, 0.2) is 66.2 Å². The molecular weight excluding hydrogens is 410 g/mol. The van der Waals surface area contributed by atoms with Gasteiger partial charge in [0.05, 0.1) is 16.9 Å². The van der Waals surface area contributed by atoms with Crippen LogP contribution in [-0.2, 0) is 17.9 Å². The van der Waals surface area contributed by atoms with Crippen molar-refractivity contribution in [1.29, 1.82) is 0 Å². The fourth-order valence-corrected chi connectivity index (χ4v) is 4.32. The smallest absolute Gasteiger partial charge is 0.341 e. The summed E-state index contributed by atoms with van der Waals surface area (Å²) in [5, 5.41) is 6.09. The number of nitrogen functional groups attached to an aromatic ring is 1. The molecule has 0 bridgehead atoms. The van der Waals surface area contributed by atoms with E-state index in [2.05, 4.69) is 16.4 Å². The van der Waals surface area contributed by atoms with Crippen molar-refractivity contribution >= 4 is 38.9 Å². The highest BCUT2D eigenvalue weighted by atomic mass is 32.1. The summed E-state index contributed by atoms with van der Waals surface area (Å²) in [4.78, 5) is 16.4. The minimum atomic E-state index is -0.395. The second-order valence-electron chi connectivity index (χ2n) is 6.90. The number of benzene rings is 2. The third-order valence-electron chi connectivity index (χ3n) is 4.76. The summed E-state index contributed by atoms with van der Waals surface area (Å²) in [6.45, 7) is 3.11. The average Bonchev–Trinajstić information content (AvgIpc) is 3.23. The minimum Gasteiger partial charge on any atom is -0.489 e. The van der Waals surface area contributed by atoms with Gasteiger partial charge in [0.25, 0.3) is 0 Å². The van der Waals surface area contributed by atoms with Crippen LogP contribution in [0.4, 0.5) is 11.5 Å². The number of hydrogen-bond acceptors (Lipinski definition) is 7. The highest BCUT2D eigenvalue weighted by Gasteiger charge is 2.18. The molecule has 0 aliphatic rings. The first-order valence-electron chi connectivity index (χ1n) is 9.98. The van der Waals surface area contributed by atoms with Crippen molar-refractivity contribution in [2.45, 2.75) is 20.1 Å². The Morgan fingerprint density at radius 1 is 1.16 bits per heavy atom. The standard InChI is InChI=1S/C24H23N3O3S/c1-2-29-24(28)20-13-27-23(25)21-17(15-31-22(20)21)14-30-19-10-6-7-16(11-19)12-26-18-8-4-3-5-9-18/h3-11,13,15,26H,2,12,14H2,1H3,(H2,25,27). The molecule has 0 aliphatic carbocycles. The molecule has 0 amide bonds. The minimum absolute atomic E-state index is 0.307. The van der Waals surface area contributed by atoms with E-state index in [0.717, 1.165) is 32.6 Å². The fourth-order valence-electron chi connectivity index (χ4n) is 3.26. The molecule has 6 nitrogen and oxygen atoms in total. The van der Waals surface area contributed by atoms with Crippen LogP contribution in [0.3, 0.4) is 0 Å². The molecule has 0 saturated carbocycles. The van der Waals surface area contributed by atoms with Crippen LogP contribution in [0.1, 0.15) is 28.4 Å². The Hall–Kier alpha value is -3.58. The van der Waals surface area contributed by atoms with Gasteiger partial charge in [0.15, 0.2) is 0 Å². The van der Waals surface area contributed by atoms with Crippen molar-refractivity contribution in [3.05, 3.63) is 82.9 Å². The maximum absolute atomic E-state index is 12.2. The van der Waals surface area contributed by atoms with Gasteiger partial charge in [-0.05, 0) is 42.1 Å². The number of nitrogens with zero attached hydrogens (tertiary/aromatic N) is 1. The lowest BCUT2D eigenvalue weighted by Gasteiger charge is -2.10. The number of fused-ring (bicyclic) bond motifs is 1. The van der Waals surface area contributed by atoms with Crippen LogP contribution < -0.4 is 15.8 Å². The zero-order valence-electron chi connectivity index (χ0n) is 17.1. The zero-order chi connectivity index (χ0) is 21.6. The largest absolute Gasteiger partial charge is 0.489 e. The van der Waals surface area contributed by atoms with Gasteiger partial charge >= 0.3 is 5.97 Å². The van der Waals surface area contributed by atoms with E-state index < -0.39 is 5.97 Å². The molecule has 2 aromatic carbocycles. The summed E-state index contributed by atoms with van der Waals surface area (Å²) in [5.41, 5.74) is 9.61. The van der Waals surface area contributed by atoms with Crippen LogP contribution in [0, 0.1) is 0 Å². The molecule has 4 rings (SSSR count). The number of hydrogen-bond donors (Lipinski definition) is 2.